The van der Waals surface area contributed by atoms with Gasteiger partial charge in [0.2, 0.25) is 35.4 Å². The van der Waals surface area contributed by atoms with E-state index in [4.69, 9.17) is 18.9 Å². The molecule has 0 saturated heterocycles. The van der Waals surface area contributed by atoms with Gasteiger partial charge in [-0.1, -0.05) is 21.6 Å². The summed E-state index contributed by atoms with van der Waals surface area (Å²) in [5.74, 6) is -6.50. The lowest BCUT2D eigenvalue weighted by Gasteiger charge is -2.34. The predicted octanol–water partition coefficient (Wildman–Crippen LogP) is 1.87. The van der Waals surface area contributed by atoms with Crippen molar-refractivity contribution in [1.82, 2.24) is 42.5 Å². The molecule has 0 fully saturated rings. The van der Waals surface area contributed by atoms with Crippen LogP contribution in [0.2, 0.25) is 0 Å². The maximum absolute atomic E-state index is 13.8. The van der Waals surface area contributed by atoms with Crippen molar-refractivity contribution in [2.45, 2.75) is 181 Å². The summed E-state index contributed by atoms with van der Waals surface area (Å²) in [6.07, 6.45) is -1.92. The Hall–Kier alpha value is -5.00. The van der Waals surface area contributed by atoms with Gasteiger partial charge in [-0.3, -0.25) is 28.8 Å². The quantitative estimate of drug-likeness (QED) is 0.0352. The summed E-state index contributed by atoms with van der Waals surface area (Å²) in [5.41, 5.74) is -11.3. The molecule has 0 aromatic rings. The third-order valence-electron chi connectivity index (χ3n) is 8.81. The Balaban J connectivity index is 6.32. The second-order valence-corrected chi connectivity index (χ2v) is 23.0. The number of ether oxygens (including phenoxy) is 4. The molecule has 2 atom stereocenters. The molecule has 22 nitrogen and oxygen atoms in total. The van der Waals surface area contributed by atoms with Gasteiger partial charge in [0.1, 0.15) is 56.5 Å². The molecule has 0 spiro atoms. The van der Waals surface area contributed by atoms with Gasteiger partial charge in [-0.25, -0.2) is 19.2 Å². The zero-order chi connectivity index (χ0) is 52.2. The fraction of sp³-hybridized carbons (Fsp3) is 0.762. The van der Waals surface area contributed by atoms with Gasteiger partial charge in [0, 0.05) is 11.5 Å². The van der Waals surface area contributed by atoms with Crippen LogP contribution in [-0.2, 0) is 57.3 Å². The van der Waals surface area contributed by atoms with E-state index >= 15 is 0 Å². The van der Waals surface area contributed by atoms with Gasteiger partial charge in [-0.2, -0.15) is 0 Å². The van der Waals surface area contributed by atoms with Crippen LogP contribution < -0.4 is 42.5 Å². The van der Waals surface area contributed by atoms with Crippen LogP contribution in [0.1, 0.15) is 125 Å². The minimum Gasteiger partial charge on any atom is -0.467 e. The summed E-state index contributed by atoms with van der Waals surface area (Å²) in [6, 6.07) is -2.71. The Kier molecular flexibility index (Phi) is 21.4. The lowest BCUT2D eigenvalue weighted by atomic mass is 9.96. The molecular formula is C42H74N8O14S2. The fourth-order valence-corrected chi connectivity index (χ4v) is 7.22. The van der Waals surface area contributed by atoms with Crippen molar-refractivity contribution in [2.24, 2.45) is 0 Å². The second-order valence-electron chi connectivity index (χ2n) is 20.5. The maximum atomic E-state index is 13.8. The number of nitrogens with one attached hydrogen (secondary N) is 8. The summed E-state index contributed by atoms with van der Waals surface area (Å²) in [4.78, 5) is 131. The van der Waals surface area contributed by atoms with Crippen LogP contribution in [0.15, 0.2) is 0 Å². The Bertz CT molecular complexity index is 1710. The van der Waals surface area contributed by atoms with E-state index in [-0.39, 0.29) is 11.5 Å². The average molecular weight is 979 g/mol. The third-order valence-corrected chi connectivity index (χ3v) is 11.2. The van der Waals surface area contributed by atoms with Crippen molar-refractivity contribution in [1.29, 1.82) is 0 Å². The number of alkyl carbamates (subject to hydrolysis) is 2. The van der Waals surface area contributed by atoms with Crippen LogP contribution >= 0.6 is 21.6 Å². The molecule has 0 aromatic heterocycles. The molecule has 378 valence electrons. The molecule has 0 unspecified atom stereocenters. The molecule has 8 amide bonds. The Morgan fingerprint density at radius 3 is 0.833 bits per heavy atom. The average Bonchev–Trinajstić information content (AvgIpc) is 3.11. The molecule has 24 heteroatoms. The number of hydrogen-bond donors (Lipinski definition) is 8. The van der Waals surface area contributed by atoms with E-state index in [9.17, 15) is 47.9 Å². The lowest BCUT2D eigenvalue weighted by molar-refractivity contribution is -0.150. The number of carbonyl (C=O) groups is 10. The van der Waals surface area contributed by atoms with Crippen LogP contribution in [0.25, 0.3) is 0 Å². The van der Waals surface area contributed by atoms with Gasteiger partial charge >= 0.3 is 24.1 Å². The molecule has 0 aromatic carbocycles. The molecule has 8 N–H and O–H groups in total. The summed E-state index contributed by atoms with van der Waals surface area (Å²) >= 11 is 0. The predicted molar refractivity (Wildman–Crippen MR) is 249 cm³/mol. The molecule has 0 aliphatic rings. The van der Waals surface area contributed by atoms with E-state index in [0.29, 0.717) is 0 Å². The zero-order valence-electron chi connectivity index (χ0n) is 42.1. The van der Waals surface area contributed by atoms with Crippen molar-refractivity contribution >= 4 is 81.2 Å². The van der Waals surface area contributed by atoms with Crippen molar-refractivity contribution in [3.05, 3.63) is 0 Å². The number of rotatable bonds is 21. The first-order valence-corrected chi connectivity index (χ1v) is 23.3. The highest BCUT2D eigenvalue weighted by Crippen LogP contribution is 2.25. The van der Waals surface area contributed by atoms with Crippen molar-refractivity contribution < 1.29 is 66.9 Å². The highest BCUT2D eigenvalue weighted by atomic mass is 33.1. The topological polar surface area (TPSA) is 304 Å². The molecule has 0 aliphatic carbocycles. The van der Waals surface area contributed by atoms with Crippen LogP contribution in [0.3, 0.4) is 0 Å². The van der Waals surface area contributed by atoms with Gasteiger partial charge in [0.05, 0.1) is 14.2 Å². The smallest absolute Gasteiger partial charge is 0.408 e. The van der Waals surface area contributed by atoms with Crippen LogP contribution in [0.5, 0.6) is 0 Å². The minimum atomic E-state index is -1.68. The van der Waals surface area contributed by atoms with E-state index in [1.807, 2.05) is 0 Å². The van der Waals surface area contributed by atoms with Crippen LogP contribution in [0, 0.1) is 0 Å². The van der Waals surface area contributed by atoms with E-state index in [1.165, 1.54) is 83.1 Å². The first kappa shape index (κ1) is 61.0. The van der Waals surface area contributed by atoms with E-state index in [0.717, 1.165) is 35.8 Å². The fourth-order valence-electron chi connectivity index (χ4n) is 4.89. The normalized spacial score (nSPS) is 13.6. The molecule has 0 saturated carbocycles. The Morgan fingerprint density at radius 1 is 0.379 bits per heavy atom. The number of esters is 2. The third kappa shape index (κ3) is 20.7. The number of carbonyl (C=O) groups excluding carboxylic acids is 10. The number of hydrogen-bond acceptors (Lipinski definition) is 16. The van der Waals surface area contributed by atoms with Gasteiger partial charge in [-0.05, 0) is 125 Å². The first-order valence-electron chi connectivity index (χ1n) is 20.8. The van der Waals surface area contributed by atoms with Crippen LogP contribution in [-0.4, -0.2) is 142 Å². The monoisotopic (exact) mass is 978 g/mol. The molecule has 0 radical (unpaired) electrons. The molecule has 0 bridgehead atoms. The largest absolute Gasteiger partial charge is 0.467 e. The number of amides is 8. The molecule has 0 aliphatic heterocycles. The highest BCUT2D eigenvalue weighted by molar-refractivity contribution is 8.76. The Labute approximate surface area is 396 Å². The van der Waals surface area contributed by atoms with E-state index in [1.54, 1.807) is 41.5 Å². The van der Waals surface area contributed by atoms with Crippen molar-refractivity contribution in [2.75, 3.05) is 25.7 Å². The summed E-state index contributed by atoms with van der Waals surface area (Å²) in [5, 5.41) is 20.3. The summed E-state index contributed by atoms with van der Waals surface area (Å²) in [6.45, 7) is 26.4. The van der Waals surface area contributed by atoms with Crippen molar-refractivity contribution in [3.63, 3.8) is 0 Å². The highest BCUT2D eigenvalue weighted by Gasteiger charge is 2.43. The summed E-state index contributed by atoms with van der Waals surface area (Å²) in [7, 11) is 4.33. The SMILES string of the molecule is COC(=O)C(C)(C)NC(=O)C(C)(C)NC(=O)C(C)(C)NC(=O)[C@H](CSSC[C@H](NC(=O)OC(C)(C)C)C(=O)NC(C)(C)C(=O)NC(C)(C)C(=O)NC(C)(C)C(=O)OC)NC(=O)OC(C)(C)C. The zero-order valence-corrected chi connectivity index (χ0v) is 43.7. The molecular weight excluding hydrogens is 905 g/mol. The van der Waals surface area contributed by atoms with Gasteiger partial charge in [0.25, 0.3) is 0 Å². The molecule has 0 rings (SSSR count). The lowest BCUT2D eigenvalue weighted by Crippen LogP contribution is -2.66. The Morgan fingerprint density at radius 2 is 0.606 bits per heavy atom. The standard InChI is InChI=1S/C42H74N8O14S2/c1-35(2,3)63-33(59)43-23(25(51)45-37(7,8)27(53)47-39(11,12)29(55)49-41(15,16)31(57)61-19)21-65-66-22-24(44-34(60)64-36(4,5)6)26(52)46-38(9,10)28(54)48-40(13,14)30(56)50-42(17,18)32(58)62-20/h23-24H,21-22H2,1-20H3,(H,43,59)(H,44,60)(H,45,51)(H,46,52)(H,47,53)(H,48,54)(H,49,55)(H,50,56)/t23-,24-/m0/s1. The second kappa shape index (κ2) is 23.1. The summed E-state index contributed by atoms with van der Waals surface area (Å²) < 4.78 is 20.2. The van der Waals surface area contributed by atoms with Gasteiger partial charge in [-0.15, -0.1) is 0 Å². The van der Waals surface area contributed by atoms with Gasteiger partial charge < -0.3 is 61.5 Å². The van der Waals surface area contributed by atoms with Gasteiger partial charge in [0.15, 0.2) is 0 Å². The molecule has 0 heterocycles. The van der Waals surface area contributed by atoms with Crippen molar-refractivity contribution in [3.8, 4) is 0 Å². The van der Waals surface area contributed by atoms with E-state index in [2.05, 4.69) is 42.5 Å². The first-order chi connectivity index (χ1) is 29.4. The van der Waals surface area contributed by atoms with E-state index < -0.39 is 116 Å². The number of methoxy groups -OCH3 is 2. The molecule has 66 heavy (non-hydrogen) atoms. The minimum absolute atomic E-state index is 0.178. The van der Waals surface area contributed by atoms with Crippen LogP contribution in [0.4, 0.5) is 9.59 Å². The maximum Gasteiger partial charge on any atom is 0.408 e.